The largest absolute Gasteiger partial charge is 0.493 e. The van der Waals surface area contributed by atoms with Crippen molar-refractivity contribution in [3.63, 3.8) is 0 Å². The van der Waals surface area contributed by atoms with E-state index < -0.39 is 5.97 Å². The molecule has 0 aromatic carbocycles. The molecule has 0 atom stereocenters. The van der Waals surface area contributed by atoms with E-state index in [-0.39, 0.29) is 6.42 Å². The molecular formula is C13H14N2O4S2. The number of pyridine rings is 1. The summed E-state index contributed by atoms with van der Waals surface area (Å²) < 4.78 is 11.3. The molecule has 1 N–H and O–H groups in total. The summed E-state index contributed by atoms with van der Waals surface area (Å²) in [7, 11) is 3.15. The Kier molecular flexibility index (Phi) is 5.40. The van der Waals surface area contributed by atoms with Gasteiger partial charge in [0.2, 0.25) is 0 Å². The van der Waals surface area contributed by atoms with Gasteiger partial charge in [-0.1, -0.05) is 11.8 Å². The molecule has 21 heavy (non-hydrogen) atoms. The zero-order chi connectivity index (χ0) is 15.2. The number of methoxy groups -OCH3 is 2. The molecule has 0 aliphatic heterocycles. The van der Waals surface area contributed by atoms with Gasteiger partial charge in [0.1, 0.15) is 0 Å². The van der Waals surface area contributed by atoms with Crippen LogP contribution in [0.25, 0.3) is 0 Å². The number of hydrogen-bond acceptors (Lipinski definition) is 7. The first-order chi connectivity index (χ1) is 10.1. The van der Waals surface area contributed by atoms with Gasteiger partial charge in [-0.15, -0.1) is 11.3 Å². The number of carboxylic acid groups (broad SMARTS) is 1. The summed E-state index contributed by atoms with van der Waals surface area (Å²) >= 11 is 2.91. The summed E-state index contributed by atoms with van der Waals surface area (Å²) in [6.07, 6.45) is 1.60. The van der Waals surface area contributed by atoms with E-state index >= 15 is 0 Å². The highest BCUT2D eigenvalue weighted by Gasteiger charge is 2.13. The van der Waals surface area contributed by atoms with Crippen LogP contribution in [0, 0.1) is 0 Å². The molecule has 0 aliphatic rings. The minimum absolute atomic E-state index is 0.0577. The third-order valence-corrected chi connectivity index (χ3v) is 4.64. The Morgan fingerprint density at radius 3 is 2.90 bits per heavy atom. The van der Waals surface area contributed by atoms with Crippen LogP contribution in [0.4, 0.5) is 0 Å². The molecule has 2 heterocycles. The molecule has 2 aromatic rings. The number of hydrogen-bond donors (Lipinski definition) is 1. The zero-order valence-electron chi connectivity index (χ0n) is 11.5. The minimum atomic E-state index is -0.881. The molecule has 8 heteroatoms. The Bertz CT molecular complexity index is 630. The number of aromatic nitrogens is 2. The summed E-state index contributed by atoms with van der Waals surface area (Å²) in [5.74, 6) is 0.928. The van der Waals surface area contributed by atoms with Crippen molar-refractivity contribution in [1.82, 2.24) is 9.97 Å². The number of carboxylic acids is 1. The van der Waals surface area contributed by atoms with Gasteiger partial charge < -0.3 is 14.6 Å². The predicted octanol–water partition coefficient (Wildman–Crippen LogP) is 2.47. The van der Waals surface area contributed by atoms with E-state index in [1.54, 1.807) is 31.9 Å². The molecular weight excluding hydrogens is 312 g/mol. The fourth-order valence-electron chi connectivity index (χ4n) is 1.67. The van der Waals surface area contributed by atoms with Crippen LogP contribution in [0.2, 0.25) is 0 Å². The lowest BCUT2D eigenvalue weighted by Gasteiger charge is -2.10. The Morgan fingerprint density at radius 2 is 2.24 bits per heavy atom. The molecule has 0 unspecified atom stereocenters. The number of rotatable bonds is 7. The highest BCUT2D eigenvalue weighted by molar-refractivity contribution is 8.00. The van der Waals surface area contributed by atoms with Crippen molar-refractivity contribution in [2.75, 3.05) is 14.2 Å². The van der Waals surface area contributed by atoms with Gasteiger partial charge in [0.15, 0.2) is 15.8 Å². The third kappa shape index (κ3) is 4.08. The zero-order valence-corrected chi connectivity index (χ0v) is 13.2. The smallest absolute Gasteiger partial charge is 0.309 e. The number of nitrogens with zero attached hydrogens (tertiary/aromatic N) is 2. The van der Waals surface area contributed by atoms with Crippen molar-refractivity contribution < 1.29 is 19.4 Å². The molecule has 112 valence electrons. The lowest BCUT2D eigenvalue weighted by Crippen LogP contribution is -2.00. The van der Waals surface area contributed by atoms with Crippen molar-refractivity contribution in [3.05, 3.63) is 29.0 Å². The van der Waals surface area contributed by atoms with Crippen LogP contribution < -0.4 is 9.47 Å². The lowest BCUT2D eigenvalue weighted by molar-refractivity contribution is -0.136. The second kappa shape index (κ2) is 7.28. The van der Waals surface area contributed by atoms with Gasteiger partial charge >= 0.3 is 5.97 Å². The summed E-state index contributed by atoms with van der Waals surface area (Å²) in [4.78, 5) is 19.2. The van der Waals surface area contributed by atoms with Gasteiger partial charge in [0, 0.05) is 23.4 Å². The topological polar surface area (TPSA) is 81.5 Å². The van der Waals surface area contributed by atoms with Gasteiger partial charge in [-0.2, -0.15) is 0 Å². The third-order valence-electron chi connectivity index (χ3n) is 2.56. The summed E-state index contributed by atoms with van der Waals surface area (Å²) in [6, 6.07) is 1.74. The molecule has 0 bridgehead atoms. The standard InChI is InChI=1S/C13H14N2O4S2/c1-18-10-3-4-14-9(12(10)19-2)7-21-13-15-8(6-20-13)5-11(16)17/h3-4,6H,5,7H2,1-2H3,(H,16,17). The highest BCUT2D eigenvalue weighted by Crippen LogP contribution is 2.34. The molecule has 2 aromatic heterocycles. The molecule has 2 rings (SSSR count). The molecule has 0 fully saturated rings. The SMILES string of the molecule is COc1ccnc(CSc2nc(CC(=O)O)cs2)c1OC. The average molecular weight is 326 g/mol. The Balaban J connectivity index is 2.06. The van der Waals surface area contributed by atoms with Crippen molar-refractivity contribution in [1.29, 1.82) is 0 Å². The van der Waals surface area contributed by atoms with E-state index in [0.29, 0.717) is 22.9 Å². The maximum absolute atomic E-state index is 10.6. The summed E-state index contributed by atoms with van der Waals surface area (Å²) in [5.41, 5.74) is 1.33. The number of aliphatic carboxylic acids is 1. The average Bonchev–Trinajstić information content (AvgIpc) is 2.91. The minimum Gasteiger partial charge on any atom is -0.493 e. The lowest BCUT2D eigenvalue weighted by atomic mass is 10.3. The van der Waals surface area contributed by atoms with Gasteiger partial charge in [-0.3, -0.25) is 9.78 Å². The molecule has 0 radical (unpaired) electrons. The van der Waals surface area contributed by atoms with Gasteiger partial charge in [0.05, 0.1) is 32.0 Å². The quantitative estimate of drug-likeness (QED) is 0.783. The van der Waals surface area contributed by atoms with Gasteiger partial charge in [0.25, 0.3) is 0 Å². The van der Waals surface area contributed by atoms with Crippen LogP contribution >= 0.6 is 23.1 Å². The molecule has 0 spiro atoms. The Morgan fingerprint density at radius 1 is 1.43 bits per heavy atom. The van der Waals surface area contributed by atoms with E-state index in [4.69, 9.17) is 14.6 Å². The van der Waals surface area contributed by atoms with Crippen LogP contribution in [-0.2, 0) is 17.0 Å². The van der Waals surface area contributed by atoms with E-state index in [2.05, 4.69) is 9.97 Å². The first-order valence-electron chi connectivity index (χ1n) is 5.99. The van der Waals surface area contributed by atoms with E-state index in [1.165, 1.54) is 23.1 Å². The van der Waals surface area contributed by atoms with Gasteiger partial charge in [-0.05, 0) is 0 Å². The van der Waals surface area contributed by atoms with E-state index in [0.717, 1.165) is 10.0 Å². The second-order valence-corrected chi connectivity index (χ2v) is 6.04. The maximum atomic E-state index is 10.6. The van der Waals surface area contributed by atoms with Gasteiger partial charge in [-0.25, -0.2) is 4.98 Å². The van der Waals surface area contributed by atoms with Crippen LogP contribution in [0.5, 0.6) is 11.5 Å². The van der Waals surface area contributed by atoms with E-state index in [1.807, 2.05) is 0 Å². The Hall–Kier alpha value is -1.80. The molecule has 6 nitrogen and oxygen atoms in total. The fourth-order valence-corrected chi connectivity index (χ4v) is 3.46. The van der Waals surface area contributed by atoms with Crippen LogP contribution in [0.3, 0.4) is 0 Å². The summed E-state index contributed by atoms with van der Waals surface area (Å²) in [6.45, 7) is 0. The maximum Gasteiger partial charge on any atom is 0.309 e. The number of carbonyl (C=O) groups is 1. The molecule has 0 aliphatic carbocycles. The van der Waals surface area contributed by atoms with Crippen LogP contribution in [-0.4, -0.2) is 35.3 Å². The van der Waals surface area contributed by atoms with Crippen LogP contribution in [0.15, 0.2) is 22.0 Å². The molecule has 0 saturated heterocycles. The highest BCUT2D eigenvalue weighted by atomic mass is 32.2. The first kappa shape index (κ1) is 15.6. The summed E-state index contributed by atoms with van der Waals surface area (Å²) in [5, 5.41) is 10.5. The predicted molar refractivity (Wildman–Crippen MR) is 80.4 cm³/mol. The second-order valence-electron chi connectivity index (χ2n) is 3.96. The van der Waals surface area contributed by atoms with Crippen molar-refractivity contribution in [2.45, 2.75) is 16.5 Å². The number of ether oxygens (including phenoxy) is 2. The molecule has 0 saturated carbocycles. The van der Waals surface area contributed by atoms with E-state index in [9.17, 15) is 4.79 Å². The fraction of sp³-hybridized carbons (Fsp3) is 0.308. The Labute approximate surface area is 130 Å². The number of thioether (sulfide) groups is 1. The first-order valence-corrected chi connectivity index (χ1v) is 7.85. The van der Waals surface area contributed by atoms with Crippen molar-refractivity contribution in [2.24, 2.45) is 0 Å². The number of thiazole rings is 1. The molecule has 0 amide bonds. The van der Waals surface area contributed by atoms with Crippen molar-refractivity contribution >= 4 is 29.1 Å². The normalized spacial score (nSPS) is 10.4. The van der Waals surface area contributed by atoms with Crippen molar-refractivity contribution in [3.8, 4) is 11.5 Å². The van der Waals surface area contributed by atoms with Crippen LogP contribution in [0.1, 0.15) is 11.4 Å². The monoisotopic (exact) mass is 326 g/mol.